The van der Waals surface area contributed by atoms with E-state index in [9.17, 15) is 4.79 Å². The predicted molar refractivity (Wildman–Crippen MR) is 93.9 cm³/mol. The van der Waals surface area contributed by atoms with Crippen LogP contribution in [0, 0.1) is 17.8 Å². The number of carbonyl (C=O) groups excluding carboxylic acids is 1. The monoisotopic (exact) mass is 314 g/mol. The SMILES string of the molecule is CC(C)Cc1ccc(C(NC(=O)C2CCC(N)C2)C2CC2)cc1. The van der Waals surface area contributed by atoms with Crippen LogP contribution in [0.4, 0.5) is 0 Å². The van der Waals surface area contributed by atoms with Crippen molar-refractivity contribution in [2.24, 2.45) is 23.5 Å². The Morgan fingerprint density at radius 2 is 1.87 bits per heavy atom. The number of nitrogens with two attached hydrogens (primary N) is 1. The van der Waals surface area contributed by atoms with Gasteiger partial charge >= 0.3 is 0 Å². The van der Waals surface area contributed by atoms with Gasteiger partial charge in [-0.15, -0.1) is 0 Å². The largest absolute Gasteiger partial charge is 0.349 e. The van der Waals surface area contributed by atoms with Crippen LogP contribution in [0.5, 0.6) is 0 Å². The molecule has 0 spiro atoms. The zero-order valence-corrected chi connectivity index (χ0v) is 14.4. The van der Waals surface area contributed by atoms with Crippen molar-refractivity contribution >= 4 is 5.91 Å². The molecule has 23 heavy (non-hydrogen) atoms. The molecule has 1 aromatic rings. The van der Waals surface area contributed by atoms with Crippen LogP contribution in [0.1, 0.15) is 63.1 Å². The summed E-state index contributed by atoms with van der Waals surface area (Å²) in [6.45, 7) is 4.49. The number of carbonyl (C=O) groups is 1. The Hall–Kier alpha value is -1.35. The van der Waals surface area contributed by atoms with E-state index in [0.717, 1.165) is 25.7 Å². The van der Waals surface area contributed by atoms with Crippen molar-refractivity contribution in [3.05, 3.63) is 35.4 Å². The second kappa shape index (κ2) is 7.04. The highest BCUT2D eigenvalue weighted by Crippen LogP contribution is 2.41. The molecule has 1 aromatic carbocycles. The van der Waals surface area contributed by atoms with E-state index in [2.05, 4.69) is 43.4 Å². The standard InChI is InChI=1S/C20H30N2O/c1-13(2)11-14-3-5-15(6-4-14)19(16-7-8-16)22-20(23)17-9-10-18(21)12-17/h3-6,13,16-19H,7-12,21H2,1-2H3,(H,22,23). The summed E-state index contributed by atoms with van der Waals surface area (Å²) in [5, 5.41) is 3.32. The van der Waals surface area contributed by atoms with Gasteiger partial charge in [0.15, 0.2) is 0 Å². The highest BCUT2D eigenvalue weighted by atomic mass is 16.2. The van der Waals surface area contributed by atoms with Crippen LogP contribution in [0.3, 0.4) is 0 Å². The van der Waals surface area contributed by atoms with Crippen LogP contribution in [0.2, 0.25) is 0 Å². The van der Waals surface area contributed by atoms with Crippen LogP contribution in [-0.2, 0) is 11.2 Å². The Balaban J connectivity index is 1.65. The van der Waals surface area contributed by atoms with Gasteiger partial charge in [0.25, 0.3) is 0 Å². The molecule has 1 amide bonds. The van der Waals surface area contributed by atoms with Gasteiger partial charge in [0.1, 0.15) is 0 Å². The van der Waals surface area contributed by atoms with Gasteiger partial charge < -0.3 is 11.1 Å². The number of rotatable bonds is 6. The first-order valence-electron chi connectivity index (χ1n) is 9.17. The van der Waals surface area contributed by atoms with Crippen molar-refractivity contribution in [1.82, 2.24) is 5.32 Å². The second-order valence-electron chi connectivity index (χ2n) is 7.93. The topological polar surface area (TPSA) is 55.1 Å². The van der Waals surface area contributed by atoms with Gasteiger partial charge in [-0.25, -0.2) is 0 Å². The first-order chi connectivity index (χ1) is 11.0. The number of amides is 1. The van der Waals surface area contributed by atoms with Crippen molar-refractivity contribution in [3.8, 4) is 0 Å². The maximum absolute atomic E-state index is 12.6. The number of hydrogen-bond acceptors (Lipinski definition) is 2. The lowest BCUT2D eigenvalue weighted by Gasteiger charge is -2.21. The molecule has 3 rings (SSSR count). The van der Waals surface area contributed by atoms with Gasteiger partial charge in [0.2, 0.25) is 5.91 Å². The van der Waals surface area contributed by atoms with E-state index in [1.165, 1.54) is 24.0 Å². The number of hydrogen-bond donors (Lipinski definition) is 2. The minimum atomic E-state index is 0.117. The Morgan fingerprint density at radius 1 is 1.17 bits per heavy atom. The molecule has 0 aromatic heterocycles. The third kappa shape index (κ3) is 4.35. The Bertz CT molecular complexity index is 533. The van der Waals surface area contributed by atoms with E-state index >= 15 is 0 Å². The molecule has 3 unspecified atom stereocenters. The Labute approximate surface area is 140 Å². The molecule has 2 aliphatic rings. The quantitative estimate of drug-likeness (QED) is 0.843. The van der Waals surface area contributed by atoms with Gasteiger partial charge in [0, 0.05) is 12.0 Å². The fraction of sp³-hybridized carbons (Fsp3) is 0.650. The lowest BCUT2D eigenvalue weighted by molar-refractivity contribution is -0.125. The van der Waals surface area contributed by atoms with E-state index in [1.807, 2.05) is 0 Å². The summed E-state index contributed by atoms with van der Waals surface area (Å²) in [6, 6.07) is 9.26. The van der Waals surface area contributed by atoms with Gasteiger partial charge in [-0.2, -0.15) is 0 Å². The average molecular weight is 314 g/mol. The van der Waals surface area contributed by atoms with Crippen LogP contribution in [0.15, 0.2) is 24.3 Å². The molecule has 0 heterocycles. The van der Waals surface area contributed by atoms with E-state index < -0.39 is 0 Å². The molecule has 126 valence electrons. The second-order valence-corrected chi connectivity index (χ2v) is 7.93. The third-order valence-corrected chi connectivity index (χ3v) is 5.22. The molecule has 0 radical (unpaired) electrons. The normalized spacial score (nSPS) is 25.6. The van der Waals surface area contributed by atoms with Gasteiger partial charge in [-0.3, -0.25) is 4.79 Å². The fourth-order valence-electron chi connectivity index (χ4n) is 3.76. The van der Waals surface area contributed by atoms with Crippen LogP contribution >= 0.6 is 0 Å². The fourth-order valence-corrected chi connectivity index (χ4v) is 3.76. The third-order valence-electron chi connectivity index (χ3n) is 5.22. The van der Waals surface area contributed by atoms with E-state index in [-0.39, 0.29) is 23.9 Å². The van der Waals surface area contributed by atoms with Gasteiger partial charge in [-0.1, -0.05) is 38.1 Å². The number of benzene rings is 1. The summed E-state index contributed by atoms with van der Waals surface area (Å²) >= 11 is 0. The first-order valence-corrected chi connectivity index (χ1v) is 9.17. The molecule has 3 nitrogen and oxygen atoms in total. The molecule has 2 saturated carbocycles. The molecule has 2 fully saturated rings. The molecule has 0 saturated heterocycles. The van der Waals surface area contributed by atoms with Crippen molar-refractivity contribution in [2.45, 2.75) is 64.5 Å². The number of nitrogens with one attached hydrogen (secondary N) is 1. The van der Waals surface area contributed by atoms with E-state index in [1.54, 1.807) is 0 Å². The smallest absolute Gasteiger partial charge is 0.223 e. The van der Waals surface area contributed by atoms with Crippen LogP contribution in [-0.4, -0.2) is 11.9 Å². The maximum atomic E-state index is 12.6. The minimum Gasteiger partial charge on any atom is -0.349 e. The van der Waals surface area contributed by atoms with Crippen LogP contribution in [0.25, 0.3) is 0 Å². The lowest BCUT2D eigenvalue weighted by Crippen LogP contribution is -2.34. The summed E-state index contributed by atoms with van der Waals surface area (Å²) in [5.41, 5.74) is 8.59. The molecule has 0 aliphatic heterocycles. The van der Waals surface area contributed by atoms with Gasteiger partial charge in [0.05, 0.1) is 6.04 Å². The van der Waals surface area contributed by atoms with Crippen molar-refractivity contribution < 1.29 is 4.79 Å². The summed E-state index contributed by atoms with van der Waals surface area (Å²) < 4.78 is 0. The van der Waals surface area contributed by atoms with Crippen molar-refractivity contribution in [1.29, 1.82) is 0 Å². The summed E-state index contributed by atoms with van der Waals surface area (Å²) in [7, 11) is 0. The maximum Gasteiger partial charge on any atom is 0.223 e. The molecule has 2 aliphatic carbocycles. The average Bonchev–Trinajstić information content (AvgIpc) is 3.26. The van der Waals surface area contributed by atoms with Crippen molar-refractivity contribution in [2.75, 3.05) is 0 Å². The molecule has 3 N–H and O–H groups in total. The molecular formula is C20H30N2O. The highest BCUT2D eigenvalue weighted by molar-refractivity contribution is 5.79. The molecule has 0 bridgehead atoms. The summed E-state index contributed by atoms with van der Waals surface area (Å²) in [5.74, 6) is 1.61. The summed E-state index contributed by atoms with van der Waals surface area (Å²) in [4.78, 5) is 12.6. The molecule has 3 atom stereocenters. The summed E-state index contributed by atoms with van der Waals surface area (Å²) in [6.07, 6.45) is 6.33. The molecule has 3 heteroatoms. The van der Waals surface area contributed by atoms with E-state index in [4.69, 9.17) is 5.73 Å². The van der Waals surface area contributed by atoms with Gasteiger partial charge in [-0.05, 0) is 61.5 Å². The lowest BCUT2D eigenvalue weighted by atomic mass is 9.96. The van der Waals surface area contributed by atoms with E-state index in [0.29, 0.717) is 11.8 Å². The van der Waals surface area contributed by atoms with Crippen LogP contribution < -0.4 is 11.1 Å². The minimum absolute atomic E-state index is 0.117. The first kappa shape index (κ1) is 16.5. The Kier molecular flexibility index (Phi) is 5.05. The van der Waals surface area contributed by atoms with Crippen molar-refractivity contribution in [3.63, 3.8) is 0 Å². The Morgan fingerprint density at radius 3 is 2.39 bits per heavy atom. The molecular weight excluding hydrogens is 284 g/mol. The zero-order valence-electron chi connectivity index (χ0n) is 14.4. The zero-order chi connectivity index (χ0) is 16.4. The predicted octanol–water partition coefficient (Wildman–Crippen LogP) is 3.58. The highest BCUT2D eigenvalue weighted by Gasteiger charge is 2.36.